The number of aromatic nitrogens is 1. The Morgan fingerprint density at radius 2 is 1.85 bits per heavy atom. The molecule has 0 spiro atoms. The van der Waals surface area contributed by atoms with Crippen molar-refractivity contribution < 1.29 is 19.0 Å². The van der Waals surface area contributed by atoms with Crippen LogP contribution in [0.5, 0.6) is 11.6 Å². The number of piperidine rings is 1. The highest BCUT2D eigenvalue weighted by atomic mass is 127. The van der Waals surface area contributed by atoms with Crippen LogP contribution in [0.15, 0.2) is 53.7 Å². The van der Waals surface area contributed by atoms with Gasteiger partial charge in [-0.15, -0.1) is 24.0 Å². The Morgan fingerprint density at radius 1 is 1.12 bits per heavy atom. The molecule has 180 valence electrons. The summed E-state index contributed by atoms with van der Waals surface area (Å²) in [5.41, 5.74) is 1.03. The highest BCUT2D eigenvalue weighted by molar-refractivity contribution is 14.0. The van der Waals surface area contributed by atoms with Crippen LogP contribution in [0.3, 0.4) is 0 Å². The number of hydrogen-bond acceptors (Lipinski definition) is 6. The molecular weight excluding hydrogens is 535 g/mol. The van der Waals surface area contributed by atoms with E-state index in [-0.39, 0.29) is 35.9 Å². The SMILES string of the molecule is CCOC(=O)C1CCN(C(=NC)NCc2ccc(OCCOc3ccccc3)nc2)CC1.I. The van der Waals surface area contributed by atoms with Crippen molar-refractivity contribution in [2.75, 3.05) is 40.0 Å². The van der Waals surface area contributed by atoms with Gasteiger partial charge < -0.3 is 24.4 Å². The van der Waals surface area contributed by atoms with Gasteiger partial charge in [0, 0.05) is 38.9 Å². The summed E-state index contributed by atoms with van der Waals surface area (Å²) in [5, 5.41) is 3.37. The number of ether oxygens (including phenoxy) is 3. The van der Waals surface area contributed by atoms with Crippen LogP contribution >= 0.6 is 24.0 Å². The fourth-order valence-corrected chi connectivity index (χ4v) is 3.52. The van der Waals surface area contributed by atoms with Crippen LogP contribution in [0.4, 0.5) is 0 Å². The average molecular weight is 568 g/mol. The van der Waals surface area contributed by atoms with Gasteiger partial charge in [0.2, 0.25) is 5.88 Å². The number of benzene rings is 1. The zero-order chi connectivity index (χ0) is 22.6. The van der Waals surface area contributed by atoms with E-state index in [1.165, 1.54) is 0 Å². The molecule has 1 fully saturated rings. The lowest BCUT2D eigenvalue weighted by Gasteiger charge is -2.33. The number of rotatable bonds is 9. The third-order valence-corrected chi connectivity index (χ3v) is 5.22. The number of aliphatic imine (C=N–C) groups is 1. The fraction of sp³-hybridized carbons (Fsp3) is 0.458. The number of para-hydroxylation sites is 1. The standard InChI is InChI=1S/C24H32N4O4.HI/c1-3-30-23(29)20-11-13-28(14-12-20)24(25-2)27-18-19-9-10-22(26-17-19)32-16-15-31-21-7-5-4-6-8-21;/h4-10,17,20H,3,11-16,18H2,1-2H3,(H,25,27);1H. The van der Waals surface area contributed by atoms with Crippen molar-refractivity contribution in [1.82, 2.24) is 15.2 Å². The number of guanidine groups is 1. The van der Waals surface area contributed by atoms with E-state index in [4.69, 9.17) is 14.2 Å². The minimum Gasteiger partial charge on any atom is -0.490 e. The molecule has 1 aliphatic rings. The van der Waals surface area contributed by atoms with Gasteiger partial charge in [-0.25, -0.2) is 4.98 Å². The number of carbonyl (C=O) groups is 1. The van der Waals surface area contributed by atoms with Crippen LogP contribution < -0.4 is 14.8 Å². The Kier molecular flexibility index (Phi) is 11.8. The second kappa shape index (κ2) is 14.6. The first-order valence-corrected chi connectivity index (χ1v) is 11.1. The number of pyridine rings is 1. The highest BCUT2D eigenvalue weighted by Crippen LogP contribution is 2.19. The number of esters is 1. The Hall–Kier alpha value is -2.56. The van der Waals surface area contributed by atoms with Gasteiger partial charge in [0.05, 0.1) is 12.5 Å². The summed E-state index contributed by atoms with van der Waals surface area (Å²) in [7, 11) is 1.77. The van der Waals surface area contributed by atoms with Crippen molar-refractivity contribution in [3.05, 3.63) is 54.2 Å². The van der Waals surface area contributed by atoms with E-state index >= 15 is 0 Å². The van der Waals surface area contributed by atoms with Gasteiger partial charge in [0.1, 0.15) is 19.0 Å². The summed E-state index contributed by atoms with van der Waals surface area (Å²) in [6.45, 7) is 5.31. The van der Waals surface area contributed by atoms with Crippen molar-refractivity contribution in [2.45, 2.75) is 26.3 Å². The van der Waals surface area contributed by atoms with Crippen LogP contribution in [0, 0.1) is 5.92 Å². The molecule has 1 saturated heterocycles. The molecule has 1 N–H and O–H groups in total. The van der Waals surface area contributed by atoms with E-state index in [9.17, 15) is 4.79 Å². The minimum absolute atomic E-state index is 0. The lowest BCUT2D eigenvalue weighted by atomic mass is 9.97. The van der Waals surface area contributed by atoms with Gasteiger partial charge in [-0.3, -0.25) is 9.79 Å². The van der Waals surface area contributed by atoms with Gasteiger partial charge in [-0.2, -0.15) is 0 Å². The topological polar surface area (TPSA) is 85.3 Å². The van der Waals surface area contributed by atoms with E-state index in [2.05, 4.69) is 20.2 Å². The van der Waals surface area contributed by atoms with Crippen molar-refractivity contribution in [3.8, 4) is 11.6 Å². The number of nitrogens with one attached hydrogen (secondary N) is 1. The van der Waals surface area contributed by atoms with Gasteiger partial charge >= 0.3 is 5.97 Å². The van der Waals surface area contributed by atoms with Crippen molar-refractivity contribution in [1.29, 1.82) is 0 Å². The zero-order valence-corrected chi connectivity index (χ0v) is 21.6. The Balaban J connectivity index is 0.00000385. The maximum Gasteiger partial charge on any atom is 0.309 e. The van der Waals surface area contributed by atoms with Crippen LogP contribution in [-0.2, 0) is 16.1 Å². The smallest absolute Gasteiger partial charge is 0.309 e. The molecule has 2 aromatic rings. The first-order chi connectivity index (χ1) is 15.7. The first kappa shape index (κ1) is 26.7. The number of halogens is 1. The molecule has 0 unspecified atom stereocenters. The van der Waals surface area contributed by atoms with Crippen molar-refractivity contribution >= 4 is 35.9 Å². The van der Waals surface area contributed by atoms with Crippen LogP contribution in [0.2, 0.25) is 0 Å². The molecule has 1 aromatic heterocycles. The predicted octanol–water partition coefficient (Wildman–Crippen LogP) is 3.51. The lowest BCUT2D eigenvalue weighted by molar-refractivity contribution is -0.149. The largest absolute Gasteiger partial charge is 0.490 e. The highest BCUT2D eigenvalue weighted by Gasteiger charge is 2.27. The summed E-state index contributed by atoms with van der Waals surface area (Å²) in [4.78, 5) is 22.8. The van der Waals surface area contributed by atoms with Crippen molar-refractivity contribution in [2.24, 2.45) is 10.9 Å². The maximum atomic E-state index is 11.9. The van der Waals surface area contributed by atoms with Crippen LogP contribution in [0.25, 0.3) is 0 Å². The van der Waals surface area contributed by atoms with Gasteiger partial charge in [0.15, 0.2) is 5.96 Å². The molecule has 0 saturated carbocycles. The Bertz CT molecular complexity index is 857. The molecule has 0 atom stereocenters. The number of likely N-dealkylation sites (tertiary alicyclic amines) is 1. The second-order valence-electron chi connectivity index (χ2n) is 7.43. The molecule has 1 aromatic carbocycles. The summed E-state index contributed by atoms with van der Waals surface area (Å²) in [6, 6.07) is 13.5. The third kappa shape index (κ3) is 8.71. The van der Waals surface area contributed by atoms with Gasteiger partial charge in [-0.1, -0.05) is 24.3 Å². The number of nitrogens with zero attached hydrogens (tertiary/aromatic N) is 3. The van der Waals surface area contributed by atoms with E-state index in [1.807, 2.05) is 49.4 Å². The molecule has 0 amide bonds. The monoisotopic (exact) mass is 568 g/mol. The minimum atomic E-state index is -0.0879. The molecule has 1 aliphatic heterocycles. The van der Waals surface area contributed by atoms with Crippen molar-refractivity contribution in [3.63, 3.8) is 0 Å². The molecule has 0 aliphatic carbocycles. The zero-order valence-electron chi connectivity index (χ0n) is 19.2. The number of carbonyl (C=O) groups excluding carboxylic acids is 1. The Morgan fingerprint density at radius 3 is 2.48 bits per heavy atom. The third-order valence-electron chi connectivity index (χ3n) is 5.22. The summed E-state index contributed by atoms with van der Waals surface area (Å²) in [6.07, 6.45) is 3.35. The van der Waals surface area contributed by atoms with E-state index < -0.39 is 0 Å². The Labute approximate surface area is 212 Å². The van der Waals surface area contributed by atoms with Gasteiger partial charge in [0.25, 0.3) is 0 Å². The molecule has 3 rings (SSSR count). The van der Waals surface area contributed by atoms with Crippen LogP contribution in [0.1, 0.15) is 25.3 Å². The quantitative estimate of drug-likeness (QED) is 0.163. The molecule has 0 radical (unpaired) electrons. The number of hydrogen-bond donors (Lipinski definition) is 1. The van der Waals surface area contributed by atoms with Gasteiger partial charge in [-0.05, 0) is 37.5 Å². The molecule has 2 heterocycles. The summed E-state index contributed by atoms with van der Waals surface area (Å²) >= 11 is 0. The second-order valence-corrected chi connectivity index (χ2v) is 7.43. The lowest BCUT2D eigenvalue weighted by Crippen LogP contribution is -2.46. The predicted molar refractivity (Wildman–Crippen MR) is 138 cm³/mol. The summed E-state index contributed by atoms with van der Waals surface area (Å²) in [5.74, 6) is 2.11. The van der Waals surface area contributed by atoms with Crippen LogP contribution in [-0.4, -0.2) is 61.8 Å². The fourth-order valence-electron chi connectivity index (χ4n) is 3.52. The first-order valence-electron chi connectivity index (χ1n) is 11.1. The average Bonchev–Trinajstić information content (AvgIpc) is 2.84. The molecular formula is C24H33IN4O4. The molecule has 0 bridgehead atoms. The van der Waals surface area contributed by atoms with E-state index in [1.54, 1.807) is 13.2 Å². The van der Waals surface area contributed by atoms with E-state index in [0.29, 0.717) is 32.2 Å². The molecule has 33 heavy (non-hydrogen) atoms. The summed E-state index contributed by atoms with van der Waals surface area (Å²) < 4.78 is 16.4. The maximum absolute atomic E-state index is 11.9. The molecule has 8 nitrogen and oxygen atoms in total. The molecule has 9 heteroatoms. The van der Waals surface area contributed by atoms with E-state index in [0.717, 1.165) is 43.2 Å². The normalized spacial score (nSPS) is 14.2.